The Morgan fingerprint density at radius 2 is 1.95 bits per heavy atom. The minimum Gasteiger partial charge on any atom is -0.493 e. The molecule has 0 fully saturated rings. The lowest BCUT2D eigenvalue weighted by Crippen LogP contribution is -2.11. The van der Waals surface area contributed by atoms with E-state index >= 15 is 0 Å². The standard InChI is InChI=1S/C14H8BrFN2O2S/c15-9-5-6-21-11(9)12-17-13(19)10(14(20)18-12)7-1-3-8(16)4-2-7/h1-6H,(H2,17,18,19,20). The number of hydrogen-bond donors (Lipinski definition) is 2. The van der Waals surface area contributed by atoms with Crippen molar-refractivity contribution in [1.82, 2.24) is 9.97 Å². The number of aromatic amines is 1. The lowest BCUT2D eigenvalue weighted by Gasteiger charge is -2.05. The molecule has 0 spiro atoms. The zero-order valence-corrected chi connectivity index (χ0v) is 12.8. The van der Waals surface area contributed by atoms with Crippen molar-refractivity contribution in [2.24, 2.45) is 0 Å². The summed E-state index contributed by atoms with van der Waals surface area (Å²) in [5.74, 6) is -0.521. The molecule has 0 bridgehead atoms. The Morgan fingerprint density at radius 3 is 2.52 bits per heavy atom. The summed E-state index contributed by atoms with van der Waals surface area (Å²) in [5.41, 5.74) is -0.0599. The van der Waals surface area contributed by atoms with E-state index in [0.29, 0.717) is 10.4 Å². The number of aromatic nitrogens is 2. The van der Waals surface area contributed by atoms with Crippen LogP contribution in [-0.2, 0) is 0 Å². The van der Waals surface area contributed by atoms with Crippen molar-refractivity contribution >= 4 is 27.3 Å². The van der Waals surface area contributed by atoms with Crippen LogP contribution >= 0.6 is 27.3 Å². The Balaban J connectivity index is 2.15. The smallest absolute Gasteiger partial charge is 0.262 e. The molecule has 0 saturated carbocycles. The first-order valence-corrected chi connectivity index (χ1v) is 7.56. The first-order chi connectivity index (χ1) is 10.1. The van der Waals surface area contributed by atoms with Gasteiger partial charge in [0.15, 0.2) is 5.82 Å². The summed E-state index contributed by atoms with van der Waals surface area (Å²) in [7, 11) is 0. The van der Waals surface area contributed by atoms with E-state index in [1.54, 1.807) is 0 Å². The normalized spacial score (nSPS) is 10.8. The van der Waals surface area contributed by atoms with Gasteiger partial charge < -0.3 is 10.1 Å². The molecular formula is C14H8BrFN2O2S. The molecule has 0 aliphatic carbocycles. The van der Waals surface area contributed by atoms with Crippen LogP contribution < -0.4 is 5.56 Å². The third-order valence-electron chi connectivity index (χ3n) is 2.87. The second-order valence-electron chi connectivity index (χ2n) is 4.22. The van der Waals surface area contributed by atoms with Gasteiger partial charge in [-0.25, -0.2) is 4.39 Å². The van der Waals surface area contributed by atoms with Crippen molar-refractivity contribution in [2.75, 3.05) is 0 Å². The zero-order valence-electron chi connectivity index (χ0n) is 10.4. The van der Waals surface area contributed by atoms with Crippen LogP contribution in [0.2, 0.25) is 0 Å². The molecule has 106 valence electrons. The first-order valence-electron chi connectivity index (χ1n) is 5.89. The maximum Gasteiger partial charge on any atom is 0.262 e. The van der Waals surface area contributed by atoms with Gasteiger partial charge in [0.25, 0.3) is 5.56 Å². The molecule has 0 saturated heterocycles. The first kappa shape index (κ1) is 14.0. The predicted octanol–water partition coefficient (Wildman–Crippen LogP) is 3.77. The Labute approximate surface area is 131 Å². The van der Waals surface area contributed by atoms with E-state index in [1.807, 2.05) is 11.4 Å². The highest BCUT2D eigenvalue weighted by Gasteiger charge is 2.15. The lowest BCUT2D eigenvalue weighted by atomic mass is 10.1. The fraction of sp³-hybridized carbons (Fsp3) is 0. The van der Waals surface area contributed by atoms with Gasteiger partial charge in [-0.3, -0.25) is 4.79 Å². The van der Waals surface area contributed by atoms with Gasteiger partial charge in [-0.05, 0) is 45.1 Å². The minimum absolute atomic E-state index is 0.0198. The third-order valence-corrected chi connectivity index (χ3v) is 4.71. The van der Waals surface area contributed by atoms with Gasteiger partial charge in [0.1, 0.15) is 11.4 Å². The molecule has 0 aliphatic heterocycles. The second kappa shape index (κ2) is 5.42. The average Bonchev–Trinajstić information content (AvgIpc) is 2.86. The topological polar surface area (TPSA) is 66.0 Å². The lowest BCUT2D eigenvalue weighted by molar-refractivity contribution is 0.454. The highest BCUT2D eigenvalue weighted by molar-refractivity contribution is 9.10. The molecule has 0 amide bonds. The third kappa shape index (κ3) is 2.62. The molecular weight excluding hydrogens is 359 g/mol. The molecule has 4 nitrogen and oxygen atoms in total. The largest absolute Gasteiger partial charge is 0.493 e. The summed E-state index contributed by atoms with van der Waals surface area (Å²) in [4.78, 5) is 19.6. The molecule has 0 unspecified atom stereocenters. The minimum atomic E-state index is -0.482. The highest BCUT2D eigenvalue weighted by atomic mass is 79.9. The van der Waals surface area contributed by atoms with E-state index < -0.39 is 11.4 Å². The van der Waals surface area contributed by atoms with E-state index in [9.17, 15) is 14.3 Å². The molecule has 1 aromatic carbocycles. The number of thiophene rings is 1. The quantitative estimate of drug-likeness (QED) is 0.725. The van der Waals surface area contributed by atoms with Gasteiger partial charge in [0, 0.05) is 4.47 Å². The van der Waals surface area contributed by atoms with E-state index in [0.717, 1.165) is 4.47 Å². The van der Waals surface area contributed by atoms with Crippen LogP contribution in [0.4, 0.5) is 4.39 Å². The van der Waals surface area contributed by atoms with Gasteiger partial charge in [-0.2, -0.15) is 4.98 Å². The van der Waals surface area contributed by atoms with Gasteiger partial charge in [0.2, 0.25) is 5.88 Å². The summed E-state index contributed by atoms with van der Waals surface area (Å²) in [6, 6.07) is 7.10. The molecule has 2 aromatic heterocycles. The van der Waals surface area contributed by atoms with Crippen molar-refractivity contribution in [2.45, 2.75) is 0 Å². The van der Waals surface area contributed by atoms with Crippen molar-refractivity contribution in [1.29, 1.82) is 0 Å². The molecule has 3 aromatic rings. The van der Waals surface area contributed by atoms with Gasteiger partial charge in [-0.1, -0.05) is 12.1 Å². The maximum absolute atomic E-state index is 12.9. The summed E-state index contributed by atoms with van der Waals surface area (Å²) >= 11 is 4.73. The molecule has 7 heteroatoms. The van der Waals surface area contributed by atoms with Gasteiger partial charge in [0.05, 0.1) is 4.88 Å². The molecule has 0 aliphatic rings. The fourth-order valence-electron chi connectivity index (χ4n) is 1.91. The van der Waals surface area contributed by atoms with Crippen LogP contribution in [0.1, 0.15) is 0 Å². The molecule has 3 rings (SSSR count). The van der Waals surface area contributed by atoms with Gasteiger partial charge >= 0.3 is 0 Å². The number of nitrogens with zero attached hydrogens (tertiary/aromatic N) is 1. The molecule has 21 heavy (non-hydrogen) atoms. The van der Waals surface area contributed by atoms with E-state index in [1.165, 1.54) is 35.6 Å². The molecule has 2 heterocycles. The highest BCUT2D eigenvalue weighted by Crippen LogP contribution is 2.33. The van der Waals surface area contributed by atoms with Crippen molar-refractivity contribution in [3.05, 3.63) is 56.4 Å². The monoisotopic (exact) mass is 366 g/mol. The van der Waals surface area contributed by atoms with Crippen LogP contribution in [0.3, 0.4) is 0 Å². The van der Waals surface area contributed by atoms with Crippen molar-refractivity contribution < 1.29 is 9.50 Å². The SMILES string of the molecule is O=c1[nH]c(-c2sccc2Br)nc(O)c1-c1ccc(F)cc1. The van der Waals surface area contributed by atoms with E-state index in [2.05, 4.69) is 25.9 Å². The average molecular weight is 367 g/mol. The van der Waals surface area contributed by atoms with Gasteiger partial charge in [-0.15, -0.1) is 11.3 Å². The number of aromatic hydroxyl groups is 1. The summed E-state index contributed by atoms with van der Waals surface area (Å²) in [5, 5.41) is 11.9. The Hall–Kier alpha value is -1.99. The summed E-state index contributed by atoms with van der Waals surface area (Å²) in [6.45, 7) is 0. The number of hydrogen-bond acceptors (Lipinski definition) is 4. The Kier molecular flexibility index (Phi) is 3.60. The second-order valence-corrected chi connectivity index (χ2v) is 5.99. The maximum atomic E-state index is 12.9. The zero-order chi connectivity index (χ0) is 15.0. The fourth-order valence-corrected chi connectivity index (χ4v) is 3.41. The van der Waals surface area contributed by atoms with Crippen LogP contribution in [0, 0.1) is 5.82 Å². The Morgan fingerprint density at radius 1 is 1.24 bits per heavy atom. The number of nitrogens with one attached hydrogen (secondary N) is 1. The number of rotatable bonds is 2. The predicted molar refractivity (Wildman–Crippen MR) is 82.9 cm³/mol. The van der Waals surface area contributed by atoms with Crippen molar-refractivity contribution in [3.63, 3.8) is 0 Å². The van der Waals surface area contributed by atoms with E-state index in [4.69, 9.17) is 0 Å². The molecule has 0 atom stereocenters. The number of H-pyrrole nitrogens is 1. The summed E-state index contributed by atoms with van der Waals surface area (Å²) in [6.07, 6.45) is 0. The van der Waals surface area contributed by atoms with E-state index in [-0.39, 0.29) is 17.3 Å². The number of halogens is 2. The number of benzene rings is 1. The molecule has 2 N–H and O–H groups in total. The van der Waals surface area contributed by atoms with Crippen LogP contribution in [0.15, 0.2) is 45.0 Å². The van der Waals surface area contributed by atoms with Crippen molar-refractivity contribution in [3.8, 4) is 27.7 Å². The van der Waals surface area contributed by atoms with Crippen LogP contribution in [-0.4, -0.2) is 15.1 Å². The van der Waals surface area contributed by atoms with Crippen LogP contribution in [0.25, 0.3) is 21.8 Å². The Bertz CT molecular complexity index is 858. The summed E-state index contributed by atoms with van der Waals surface area (Å²) < 4.78 is 13.7. The van der Waals surface area contributed by atoms with Crippen LogP contribution in [0.5, 0.6) is 5.88 Å². The molecule has 0 radical (unpaired) electrons.